The van der Waals surface area contributed by atoms with Crippen molar-refractivity contribution in [2.45, 2.75) is 30.7 Å². The van der Waals surface area contributed by atoms with Gasteiger partial charge in [-0.25, -0.2) is 4.39 Å². The highest BCUT2D eigenvalue weighted by molar-refractivity contribution is 7.98. The predicted octanol–water partition coefficient (Wildman–Crippen LogP) is 4.83. The van der Waals surface area contributed by atoms with Gasteiger partial charge in [-0.05, 0) is 61.0 Å². The summed E-state index contributed by atoms with van der Waals surface area (Å²) in [5, 5.41) is 3.59. The molecule has 3 heteroatoms. The van der Waals surface area contributed by atoms with Crippen molar-refractivity contribution in [1.82, 2.24) is 5.32 Å². The summed E-state index contributed by atoms with van der Waals surface area (Å²) in [5.41, 5.74) is 2.43. The summed E-state index contributed by atoms with van der Waals surface area (Å²) in [6, 6.07) is 15.7. The molecule has 0 saturated heterocycles. The highest BCUT2D eigenvalue weighted by atomic mass is 32.2. The zero-order chi connectivity index (χ0) is 15.1. The van der Waals surface area contributed by atoms with Crippen LogP contribution in [-0.2, 0) is 6.42 Å². The summed E-state index contributed by atoms with van der Waals surface area (Å²) in [4.78, 5) is 1.27. The third-order valence-electron chi connectivity index (χ3n) is 3.51. The van der Waals surface area contributed by atoms with E-state index in [9.17, 15) is 4.39 Å². The van der Waals surface area contributed by atoms with Gasteiger partial charge in [0.2, 0.25) is 0 Å². The first-order valence-corrected chi connectivity index (χ1v) is 8.57. The standard InChI is InChI=1S/C18H22FNS/c1-3-12-20-18(13-14-4-8-16(19)9-5-14)15-6-10-17(21-2)11-7-15/h4-11,18,20H,3,12-13H2,1-2H3. The molecule has 1 unspecified atom stereocenters. The normalized spacial score (nSPS) is 12.3. The van der Waals surface area contributed by atoms with Crippen LogP contribution in [0.3, 0.4) is 0 Å². The summed E-state index contributed by atoms with van der Waals surface area (Å²) in [6.45, 7) is 3.15. The Morgan fingerprint density at radius 2 is 1.71 bits per heavy atom. The molecule has 0 aromatic heterocycles. The van der Waals surface area contributed by atoms with Crippen molar-refractivity contribution >= 4 is 11.8 Å². The van der Waals surface area contributed by atoms with Crippen LogP contribution in [0.5, 0.6) is 0 Å². The van der Waals surface area contributed by atoms with Crippen molar-refractivity contribution in [3.8, 4) is 0 Å². The molecular weight excluding hydrogens is 281 g/mol. The average Bonchev–Trinajstić information content (AvgIpc) is 2.53. The Balaban J connectivity index is 2.14. The fourth-order valence-electron chi connectivity index (χ4n) is 2.32. The molecule has 0 aliphatic carbocycles. The van der Waals surface area contributed by atoms with Gasteiger partial charge >= 0.3 is 0 Å². The Bertz CT molecular complexity index is 536. The van der Waals surface area contributed by atoms with Crippen molar-refractivity contribution in [3.05, 3.63) is 65.5 Å². The third-order valence-corrected chi connectivity index (χ3v) is 4.26. The lowest BCUT2D eigenvalue weighted by Gasteiger charge is -2.19. The van der Waals surface area contributed by atoms with Crippen molar-refractivity contribution in [3.63, 3.8) is 0 Å². The Morgan fingerprint density at radius 3 is 2.29 bits per heavy atom. The molecule has 0 heterocycles. The quantitative estimate of drug-likeness (QED) is 0.735. The van der Waals surface area contributed by atoms with Gasteiger partial charge in [-0.2, -0.15) is 0 Å². The van der Waals surface area contributed by atoms with Crippen molar-refractivity contribution in [1.29, 1.82) is 0 Å². The number of hydrogen-bond donors (Lipinski definition) is 1. The summed E-state index contributed by atoms with van der Waals surface area (Å²) in [6.07, 6.45) is 4.06. The second-order valence-electron chi connectivity index (χ2n) is 5.11. The smallest absolute Gasteiger partial charge is 0.123 e. The molecule has 112 valence electrons. The lowest BCUT2D eigenvalue weighted by atomic mass is 9.98. The van der Waals surface area contributed by atoms with E-state index >= 15 is 0 Å². The topological polar surface area (TPSA) is 12.0 Å². The summed E-state index contributed by atoms with van der Waals surface area (Å²) < 4.78 is 13.0. The van der Waals surface area contributed by atoms with E-state index in [1.807, 2.05) is 12.1 Å². The largest absolute Gasteiger partial charge is 0.310 e. The van der Waals surface area contributed by atoms with Gasteiger partial charge in [0, 0.05) is 10.9 Å². The van der Waals surface area contributed by atoms with Gasteiger partial charge in [-0.1, -0.05) is 31.2 Å². The van der Waals surface area contributed by atoms with Gasteiger partial charge < -0.3 is 5.32 Å². The van der Waals surface area contributed by atoms with Crippen LogP contribution in [0, 0.1) is 5.82 Å². The molecular formula is C18H22FNS. The van der Waals surface area contributed by atoms with Crippen LogP contribution in [0.4, 0.5) is 4.39 Å². The molecule has 0 aliphatic rings. The summed E-state index contributed by atoms with van der Waals surface area (Å²) in [5.74, 6) is -0.179. The first kappa shape index (κ1) is 16.1. The zero-order valence-electron chi connectivity index (χ0n) is 12.6. The average molecular weight is 303 g/mol. The van der Waals surface area contributed by atoms with Gasteiger partial charge in [-0.15, -0.1) is 11.8 Å². The van der Waals surface area contributed by atoms with Gasteiger partial charge in [0.05, 0.1) is 0 Å². The van der Waals surface area contributed by atoms with Gasteiger partial charge in [-0.3, -0.25) is 0 Å². The van der Waals surface area contributed by atoms with E-state index in [-0.39, 0.29) is 11.9 Å². The minimum atomic E-state index is -0.179. The molecule has 1 N–H and O–H groups in total. The van der Waals surface area contributed by atoms with E-state index in [2.05, 4.69) is 42.8 Å². The van der Waals surface area contributed by atoms with E-state index in [1.165, 1.54) is 22.6 Å². The summed E-state index contributed by atoms with van der Waals surface area (Å²) in [7, 11) is 0. The van der Waals surface area contributed by atoms with Gasteiger partial charge in [0.1, 0.15) is 5.82 Å². The van der Waals surface area contributed by atoms with Crippen molar-refractivity contribution < 1.29 is 4.39 Å². The molecule has 0 saturated carbocycles. The summed E-state index contributed by atoms with van der Waals surface area (Å²) >= 11 is 1.75. The molecule has 1 atom stereocenters. The molecule has 0 amide bonds. The molecule has 0 fully saturated rings. The van der Waals surface area contributed by atoms with Crippen LogP contribution in [0.15, 0.2) is 53.4 Å². The minimum Gasteiger partial charge on any atom is -0.310 e. The molecule has 0 spiro atoms. The fraction of sp³-hybridized carbons (Fsp3) is 0.333. The van der Waals surface area contributed by atoms with E-state index in [0.717, 1.165) is 24.9 Å². The number of benzene rings is 2. The number of halogens is 1. The van der Waals surface area contributed by atoms with Crippen molar-refractivity contribution in [2.75, 3.05) is 12.8 Å². The molecule has 0 bridgehead atoms. The van der Waals surface area contributed by atoms with Crippen LogP contribution < -0.4 is 5.32 Å². The van der Waals surface area contributed by atoms with Crippen LogP contribution in [0.1, 0.15) is 30.5 Å². The van der Waals surface area contributed by atoms with Crippen LogP contribution in [-0.4, -0.2) is 12.8 Å². The lowest BCUT2D eigenvalue weighted by molar-refractivity contribution is 0.528. The maximum absolute atomic E-state index is 13.0. The molecule has 0 aliphatic heterocycles. The monoisotopic (exact) mass is 303 g/mol. The second kappa shape index (κ2) is 8.20. The van der Waals surface area contributed by atoms with Crippen LogP contribution in [0.25, 0.3) is 0 Å². The number of rotatable bonds is 7. The fourth-order valence-corrected chi connectivity index (χ4v) is 2.73. The Morgan fingerprint density at radius 1 is 1.05 bits per heavy atom. The number of nitrogens with one attached hydrogen (secondary N) is 1. The SMILES string of the molecule is CCCNC(Cc1ccc(F)cc1)c1ccc(SC)cc1. The predicted molar refractivity (Wildman–Crippen MR) is 89.4 cm³/mol. The van der Waals surface area contributed by atoms with Gasteiger partial charge in [0.25, 0.3) is 0 Å². The minimum absolute atomic E-state index is 0.179. The first-order valence-electron chi connectivity index (χ1n) is 7.34. The van der Waals surface area contributed by atoms with E-state index in [1.54, 1.807) is 11.8 Å². The molecule has 21 heavy (non-hydrogen) atoms. The van der Waals surface area contributed by atoms with Gasteiger partial charge in [0.15, 0.2) is 0 Å². The Labute approximate surface area is 131 Å². The lowest BCUT2D eigenvalue weighted by Crippen LogP contribution is -2.24. The molecule has 1 nitrogen and oxygen atoms in total. The van der Waals surface area contributed by atoms with E-state index in [0.29, 0.717) is 0 Å². The Kier molecular flexibility index (Phi) is 6.27. The third kappa shape index (κ3) is 4.87. The molecule has 2 aromatic rings. The zero-order valence-corrected chi connectivity index (χ0v) is 13.4. The van der Waals surface area contributed by atoms with E-state index in [4.69, 9.17) is 0 Å². The van der Waals surface area contributed by atoms with Crippen LogP contribution in [0.2, 0.25) is 0 Å². The number of thioether (sulfide) groups is 1. The maximum Gasteiger partial charge on any atom is 0.123 e. The Hall–Kier alpha value is -1.32. The first-order chi connectivity index (χ1) is 10.2. The highest BCUT2D eigenvalue weighted by Gasteiger charge is 2.11. The maximum atomic E-state index is 13.0. The molecule has 0 radical (unpaired) electrons. The highest BCUT2D eigenvalue weighted by Crippen LogP contribution is 2.22. The van der Waals surface area contributed by atoms with E-state index < -0.39 is 0 Å². The second-order valence-corrected chi connectivity index (χ2v) is 5.99. The molecule has 2 aromatic carbocycles. The van der Waals surface area contributed by atoms with Crippen LogP contribution >= 0.6 is 11.8 Å². The molecule has 2 rings (SSSR count). The number of hydrogen-bond acceptors (Lipinski definition) is 2. The van der Waals surface area contributed by atoms with Crippen molar-refractivity contribution in [2.24, 2.45) is 0 Å².